The molecule has 0 aliphatic carbocycles. The predicted molar refractivity (Wildman–Crippen MR) is 80.1 cm³/mol. The Balaban J connectivity index is 2.60. The van der Waals surface area contributed by atoms with Gasteiger partial charge in [-0.2, -0.15) is 0 Å². The van der Waals surface area contributed by atoms with Gasteiger partial charge in [0.05, 0.1) is 5.41 Å². The van der Waals surface area contributed by atoms with E-state index in [1.54, 1.807) is 0 Å². The number of hydrogen-bond acceptors (Lipinski definition) is 1. The molecular formula is C15H22BrNO. The molecule has 1 rings (SSSR count). The van der Waals surface area contributed by atoms with Crippen molar-refractivity contribution < 1.29 is 4.79 Å². The summed E-state index contributed by atoms with van der Waals surface area (Å²) in [6.45, 7) is 6.74. The number of rotatable bonds is 6. The van der Waals surface area contributed by atoms with Crippen molar-refractivity contribution in [3.05, 3.63) is 35.9 Å². The van der Waals surface area contributed by atoms with Crippen LogP contribution in [0.15, 0.2) is 30.3 Å². The number of amides is 1. The minimum Gasteiger partial charge on any atom is -0.354 e. The summed E-state index contributed by atoms with van der Waals surface area (Å²) in [6, 6.07) is 9.89. The monoisotopic (exact) mass is 311 g/mol. The molecule has 0 saturated heterocycles. The molecule has 1 unspecified atom stereocenters. The first-order valence-electron chi connectivity index (χ1n) is 6.46. The number of alkyl halides is 1. The highest BCUT2D eigenvalue weighted by molar-refractivity contribution is 9.09. The van der Waals surface area contributed by atoms with E-state index in [1.807, 2.05) is 44.2 Å². The van der Waals surface area contributed by atoms with Crippen LogP contribution in [0.5, 0.6) is 0 Å². The van der Waals surface area contributed by atoms with Gasteiger partial charge in [-0.25, -0.2) is 0 Å². The Labute approximate surface area is 118 Å². The van der Waals surface area contributed by atoms with E-state index in [0.717, 1.165) is 18.4 Å². The van der Waals surface area contributed by atoms with E-state index < -0.39 is 5.41 Å². The molecule has 0 radical (unpaired) electrons. The molecule has 0 heterocycles. The minimum absolute atomic E-state index is 0.0780. The van der Waals surface area contributed by atoms with Crippen LogP contribution in [0.4, 0.5) is 0 Å². The molecule has 2 nitrogen and oxygen atoms in total. The molecule has 1 N–H and O–H groups in total. The summed E-state index contributed by atoms with van der Waals surface area (Å²) in [5, 5.41) is 3.02. The highest BCUT2D eigenvalue weighted by Gasteiger charge is 2.29. The maximum Gasteiger partial charge on any atom is 0.230 e. The van der Waals surface area contributed by atoms with E-state index in [2.05, 4.69) is 28.2 Å². The third-order valence-electron chi connectivity index (χ3n) is 3.15. The van der Waals surface area contributed by atoms with Crippen LogP contribution in [-0.2, 0) is 10.2 Å². The average molecular weight is 312 g/mol. The first kappa shape index (κ1) is 15.2. The average Bonchev–Trinajstić information content (AvgIpc) is 2.37. The van der Waals surface area contributed by atoms with Crippen LogP contribution in [0.3, 0.4) is 0 Å². The summed E-state index contributed by atoms with van der Waals surface area (Å²) in [5.41, 5.74) is 0.560. The van der Waals surface area contributed by atoms with Gasteiger partial charge in [0.2, 0.25) is 5.91 Å². The summed E-state index contributed by atoms with van der Waals surface area (Å²) in [7, 11) is 0. The fourth-order valence-corrected chi connectivity index (χ4v) is 2.45. The number of benzene rings is 1. The number of carbonyl (C=O) groups excluding carboxylic acids is 1. The van der Waals surface area contributed by atoms with Gasteiger partial charge in [0, 0.05) is 11.4 Å². The molecule has 1 atom stereocenters. The molecule has 0 aromatic heterocycles. The van der Waals surface area contributed by atoms with Crippen LogP contribution in [0.25, 0.3) is 0 Å². The van der Waals surface area contributed by atoms with E-state index in [0.29, 0.717) is 11.4 Å². The van der Waals surface area contributed by atoms with E-state index >= 15 is 0 Å². The lowest BCUT2D eigenvalue weighted by atomic mass is 9.84. The van der Waals surface area contributed by atoms with Crippen molar-refractivity contribution in [3.8, 4) is 0 Å². The Morgan fingerprint density at radius 2 is 1.94 bits per heavy atom. The summed E-state index contributed by atoms with van der Waals surface area (Å²) in [6.07, 6.45) is 2.19. The largest absolute Gasteiger partial charge is 0.354 e. The topological polar surface area (TPSA) is 29.1 Å². The van der Waals surface area contributed by atoms with Crippen molar-refractivity contribution >= 4 is 21.8 Å². The van der Waals surface area contributed by atoms with Crippen LogP contribution in [0.1, 0.15) is 39.2 Å². The van der Waals surface area contributed by atoms with E-state index in [1.165, 1.54) is 0 Å². The molecule has 18 heavy (non-hydrogen) atoms. The third-order valence-corrected chi connectivity index (χ3v) is 3.93. The van der Waals surface area contributed by atoms with Crippen LogP contribution < -0.4 is 5.32 Å². The van der Waals surface area contributed by atoms with Crippen molar-refractivity contribution in [1.29, 1.82) is 0 Å². The quantitative estimate of drug-likeness (QED) is 0.798. The second kappa shape index (κ2) is 6.93. The number of carbonyl (C=O) groups is 1. The molecule has 0 fully saturated rings. The van der Waals surface area contributed by atoms with Crippen molar-refractivity contribution in [2.45, 2.75) is 43.9 Å². The molecule has 3 heteroatoms. The van der Waals surface area contributed by atoms with E-state index in [4.69, 9.17) is 0 Å². The fraction of sp³-hybridized carbons (Fsp3) is 0.533. The van der Waals surface area contributed by atoms with Gasteiger partial charge < -0.3 is 5.32 Å². The maximum absolute atomic E-state index is 12.2. The van der Waals surface area contributed by atoms with Crippen molar-refractivity contribution in [2.24, 2.45) is 0 Å². The molecule has 1 aromatic carbocycles. The van der Waals surface area contributed by atoms with Crippen LogP contribution >= 0.6 is 15.9 Å². The second-order valence-electron chi connectivity index (χ2n) is 5.09. The summed E-state index contributed by atoms with van der Waals surface area (Å²) in [4.78, 5) is 12.6. The molecule has 100 valence electrons. The van der Waals surface area contributed by atoms with Gasteiger partial charge in [0.1, 0.15) is 0 Å². The molecule has 0 aliphatic rings. The fourth-order valence-electron chi connectivity index (χ4n) is 1.83. The Kier molecular flexibility index (Phi) is 5.86. The Bertz CT molecular complexity index is 375. The van der Waals surface area contributed by atoms with E-state index in [-0.39, 0.29) is 5.91 Å². The molecule has 0 spiro atoms. The van der Waals surface area contributed by atoms with Gasteiger partial charge in [-0.3, -0.25) is 4.79 Å². The zero-order valence-electron chi connectivity index (χ0n) is 11.4. The van der Waals surface area contributed by atoms with E-state index in [9.17, 15) is 4.79 Å². The van der Waals surface area contributed by atoms with Crippen molar-refractivity contribution in [1.82, 2.24) is 5.32 Å². The SMILES string of the molecule is CCCC(Br)CNC(=O)C(C)(C)c1ccccc1. The summed E-state index contributed by atoms with van der Waals surface area (Å²) in [5.74, 6) is 0.0780. The second-order valence-corrected chi connectivity index (χ2v) is 6.38. The molecular weight excluding hydrogens is 290 g/mol. The Morgan fingerprint density at radius 1 is 1.33 bits per heavy atom. The van der Waals surface area contributed by atoms with Crippen molar-refractivity contribution in [2.75, 3.05) is 6.54 Å². The third kappa shape index (κ3) is 4.13. The van der Waals surface area contributed by atoms with Gasteiger partial charge in [0.25, 0.3) is 0 Å². The standard InChI is InChI=1S/C15H22BrNO/c1-4-8-13(16)11-17-14(18)15(2,3)12-9-6-5-7-10-12/h5-7,9-10,13H,4,8,11H2,1-3H3,(H,17,18). The highest BCUT2D eigenvalue weighted by atomic mass is 79.9. The van der Waals surface area contributed by atoms with Gasteiger partial charge >= 0.3 is 0 Å². The lowest BCUT2D eigenvalue weighted by molar-refractivity contribution is -0.125. The maximum atomic E-state index is 12.2. The van der Waals surface area contributed by atoms with Crippen LogP contribution in [-0.4, -0.2) is 17.3 Å². The Hall–Kier alpha value is -0.830. The molecule has 1 aromatic rings. The van der Waals surface area contributed by atoms with Crippen LogP contribution in [0, 0.1) is 0 Å². The van der Waals surface area contributed by atoms with Crippen LogP contribution in [0.2, 0.25) is 0 Å². The van der Waals surface area contributed by atoms with Crippen molar-refractivity contribution in [3.63, 3.8) is 0 Å². The lowest BCUT2D eigenvalue weighted by Crippen LogP contribution is -2.42. The first-order valence-corrected chi connectivity index (χ1v) is 7.38. The zero-order chi connectivity index (χ0) is 13.6. The predicted octanol–water partition coefficient (Wildman–Crippen LogP) is 3.64. The summed E-state index contributed by atoms with van der Waals surface area (Å²) >= 11 is 3.57. The van der Waals surface area contributed by atoms with Gasteiger partial charge in [-0.05, 0) is 25.8 Å². The highest BCUT2D eigenvalue weighted by Crippen LogP contribution is 2.23. The molecule has 0 bridgehead atoms. The molecule has 0 saturated carbocycles. The minimum atomic E-state index is -0.486. The smallest absolute Gasteiger partial charge is 0.230 e. The summed E-state index contributed by atoms with van der Waals surface area (Å²) < 4.78 is 0. The zero-order valence-corrected chi connectivity index (χ0v) is 13.0. The normalized spacial score (nSPS) is 13.1. The number of nitrogens with one attached hydrogen (secondary N) is 1. The van der Waals surface area contributed by atoms with Gasteiger partial charge in [-0.15, -0.1) is 0 Å². The Morgan fingerprint density at radius 3 is 2.50 bits per heavy atom. The lowest BCUT2D eigenvalue weighted by Gasteiger charge is -2.25. The number of halogens is 1. The first-order chi connectivity index (χ1) is 8.48. The molecule has 1 amide bonds. The number of hydrogen-bond donors (Lipinski definition) is 1. The van der Waals surface area contributed by atoms with Gasteiger partial charge in [0.15, 0.2) is 0 Å². The van der Waals surface area contributed by atoms with Gasteiger partial charge in [-0.1, -0.05) is 59.6 Å². The molecule has 0 aliphatic heterocycles.